The first-order valence-electron chi connectivity index (χ1n) is 9.07. The van der Waals surface area contributed by atoms with Gasteiger partial charge in [-0.15, -0.1) is 0 Å². The zero-order valence-corrected chi connectivity index (χ0v) is 15.8. The Morgan fingerprint density at radius 1 is 1.00 bits per heavy atom. The summed E-state index contributed by atoms with van der Waals surface area (Å²) >= 11 is 0. The van der Waals surface area contributed by atoms with Crippen LogP contribution in [-0.4, -0.2) is 25.5 Å². The summed E-state index contributed by atoms with van der Waals surface area (Å²) in [5, 5.41) is 9.30. The molecule has 0 heterocycles. The lowest BCUT2D eigenvalue weighted by Gasteiger charge is -2.13. The molecule has 5 heteroatoms. The van der Waals surface area contributed by atoms with Crippen LogP contribution in [0.2, 0.25) is 0 Å². The molecule has 2 aromatic rings. The molecule has 0 aromatic heterocycles. The summed E-state index contributed by atoms with van der Waals surface area (Å²) in [4.78, 5) is 16.4. The topological polar surface area (TPSA) is 65.5 Å². The lowest BCUT2D eigenvalue weighted by Crippen LogP contribution is -2.37. The number of nitrogens with one attached hydrogen (secondary N) is 3. The highest BCUT2D eigenvalue weighted by Crippen LogP contribution is 2.09. The van der Waals surface area contributed by atoms with Gasteiger partial charge in [0.1, 0.15) is 0 Å². The van der Waals surface area contributed by atoms with Crippen LogP contribution in [-0.2, 0) is 19.5 Å². The molecule has 0 aliphatic rings. The molecule has 0 unspecified atom stereocenters. The number of rotatable bonds is 7. The minimum absolute atomic E-state index is 0.0861. The fourth-order valence-corrected chi connectivity index (χ4v) is 2.72. The molecular weight excluding hydrogens is 324 g/mol. The van der Waals surface area contributed by atoms with Gasteiger partial charge in [-0.1, -0.05) is 43.3 Å². The van der Waals surface area contributed by atoms with E-state index in [0.29, 0.717) is 12.1 Å². The lowest BCUT2D eigenvalue weighted by atomic mass is 10.1. The Hall–Kier alpha value is -2.82. The first-order valence-corrected chi connectivity index (χ1v) is 9.07. The minimum atomic E-state index is -0.0861. The highest BCUT2D eigenvalue weighted by Gasteiger charge is 2.05. The predicted molar refractivity (Wildman–Crippen MR) is 107 cm³/mol. The normalized spacial score (nSPS) is 11.1. The molecule has 0 aliphatic carbocycles. The van der Waals surface area contributed by atoms with E-state index in [1.54, 1.807) is 13.1 Å². The maximum Gasteiger partial charge on any atom is 0.251 e. The molecule has 0 saturated heterocycles. The van der Waals surface area contributed by atoms with Crippen LogP contribution in [0.15, 0.2) is 53.5 Å². The number of amides is 1. The van der Waals surface area contributed by atoms with Gasteiger partial charge >= 0.3 is 0 Å². The first kappa shape index (κ1) is 19.5. The van der Waals surface area contributed by atoms with E-state index >= 15 is 0 Å². The second-order valence-corrected chi connectivity index (χ2v) is 5.95. The predicted octanol–water partition coefficient (Wildman–Crippen LogP) is 2.86. The van der Waals surface area contributed by atoms with E-state index in [0.717, 1.165) is 31.0 Å². The average molecular weight is 352 g/mol. The van der Waals surface area contributed by atoms with Crippen LogP contribution in [0.5, 0.6) is 0 Å². The molecule has 2 rings (SSSR count). The van der Waals surface area contributed by atoms with Crippen molar-refractivity contribution in [2.75, 3.05) is 13.6 Å². The Kier molecular flexibility index (Phi) is 7.68. The molecule has 0 bridgehead atoms. The van der Waals surface area contributed by atoms with Crippen molar-refractivity contribution in [1.82, 2.24) is 16.0 Å². The molecule has 138 valence electrons. The van der Waals surface area contributed by atoms with E-state index in [4.69, 9.17) is 0 Å². The fraction of sp³-hybridized carbons (Fsp3) is 0.333. The summed E-state index contributed by atoms with van der Waals surface area (Å²) in [6.07, 6.45) is 1.01. The summed E-state index contributed by atoms with van der Waals surface area (Å²) in [5.74, 6) is 0.681. The highest BCUT2D eigenvalue weighted by molar-refractivity contribution is 5.94. The molecule has 0 radical (unpaired) electrons. The third kappa shape index (κ3) is 5.62. The van der Waals surface area contributed by atoms with E-state index in [2.05, 4.69) is 52.1 Å². The highest BCUT2D eigenvalue weighted by atomic mass is 16.1. The Morgan fingerprint density at radius 2 is 1.77 bits per heavy atom. The monoisotopic (exact) mass is 352 g/mol. The maximum atomic E-state index is 11.8. The molecule has 0 saturated carbocycles. The number of benzene rings is 2. The van der Waals surface area contributed by atoms with Crippen molar-refractivity contribution in [2.45, 2.75) is 33.4 Å². The Bertz CT molecular complexity index is 755. The van der Waals surface area contributed by atoms with Crippen LogP contribution in [0, 0.1) is 0 Å². The number of carbonyl (C=O) groups is 1. The van der Waals surface area contributed by atoms with Crippen molar-refractivity contribution in [3.8, 4) is 0 Å². The molecule has 1 amide bonds. The molecule has 3 N–H and O–H groups in total. The van der Waals surface area contributed by atoms with Gasteiger partial charge in [0.15, 0.2) is 5.96 Å². The Labute approximate surface area is 155 Å². The number of hydrogen-bond donors (Lipinski definition) is 3. The number of aliphatic imine (C=N–C) groups is 1. The second kappa shape index (κ2) is 10.2. The number of hydrogen-bond acceptors (Lipinski definition) is 2. The van der Waals surface area contributed by atoms with Gasteiger partial charge < -0.3 is 16.0 Å². The number of aryl methyl sites for hydroxylation is 1. The van der Waals surface area contributed by atoms with E-state index in [1.807, 2.05) is 25.1 Å². The van der Waals surface area contributed by atoms with Gasteiger partial charge in [-0.25, -0.2) is 4.99 Å². The van der Waals surface area contributed by atoms with Crippen molar-refractivity contribution in [2.24, 2.45) is 4.99 Å². The average Bonchev–Trinajstić information content (AvgIpc) is 2.69. The van der Waals surface area contributed by atoms with Gasteiger partial charge in [0.05, 0.1) is 6.54 Å². The molecule has 0 spiro atoms. The molecule has 5 nitrogen and oxygen atoms in total. The van der Waals surface area contributed by atoms with Crippen molar-refractivity contribution in [3.05, 3.63) is 70.8 Å². The lowest BCUT2D eigenvalue weighted by molar-refractivity contribution is 0.0963. The standard InChI is InChI=1S/C21H28N4O/c1-4-17-10-6-7-11-19(17)15-25-21(23-5-2)24-14-16-9-8-12-18(13-16)20(26)22-3/h6-13H,4-5,14-15H2,1-3H3,(H,22,26)(H2,23,24,25). The van der Waals surface area contributed by atoms with Gasteiger partial charge in [-0.3, -0.25) is 4.79 Å². The van der Waals surface area contributed by atoms with Crippen molar-refractivity contribution in [1.29, 1.82) is 0 Å². The zero-order chi connectivity index (χ0) is 18.8. The van der Waals surface area contributed by atoms with Gasteiger partial charge in [0, 0.05) is 25.7 Å². The second-order valence-electron chi connectivity index (χ2n) is 5.95. The van der Waals surface area contributed by atoms with E-state index < -0.39 is 0 Å². The van der Waals surface area contributed by atoms with E-state index in [9.17, 15) is 4.79 Å². The first-order chi connectivity index (χ1) is 12.7. The molecule has 0 aliphatic heterocycles. The summed E-state index contributed by atoms with van der Waals surface area (Å²) < 4.78 is 0. The minimum Gasteiger partial charge on any atom is -0.357 e. The SMILES string of the molecule is CCNC(=NCc1cccc(C(=O)NC)c1)NCc1ccccc1CC. The molecule has 0 fully saturated rings. The summed E-state index contributed by atoms with van der Waals surface area (Å²) in [6.45, 7) is 6.24. The molecule has 2 aromatic carbocycles. The summed E-state index contributed by atoms with van der Waals surface area (Å²) in [5.41, 5.74) is 4.27. The fourth-order valence-electron chi connectivity index (χ4n) is 2.72. The van der Waals surface area contributed by atoms with Crippen molar-refractivity contribution < 1.29 is 4.79 Å². The van der Waals surface area contributed by atoms with E-state index in [1.165, 1.54) is 11.1 Å². The summed E-state index contributed by atoms with van der Waals surface area (Å²) in [6, 6.07) is 16.0. The van der Waals surface area contributed by atoms with Crippen molar-refractivity contribution >= 4 is 11.9 Å². The Morgan fingerprint density at radius 3 is 2.46 bits per heavy atom. The van der Waals surface area contributed by atoms with Crippen LogP contribution in [0.4, 0.5) is 0 Å². The van der Waals surface area contributed by atoms with Crippen LogP contribution in [0.3, 0.4) is 0 Å². The van der Waals surface area contributed by atoms with Crippen LogP contribution >= 0.6 is 0 Å². The van der Waals surface area contributed by atoms with E-state index in [-0.39, 0.29) is 5.91 Å². The largest absolute Gasteiger partial charge is 0.357 e. The van der Waals surface area contributed by atoms with Gasteiger partial charge in [0.25, 0.3) is 5.91 Å². The van der Waals surface area contributed by atoms with Gasteiger partial charge in [-0.05, 0) is 42.2 Å². The third-order valence-corrected chi connectivity index (χ3v) is 4.13. The third-order valence-electron chi connectivity index (χ3n) is 4.13. The number of carbonyl (C=O) groups excluding carboxylic acids is 1. The Balaban J connectivity index is 2.05. The molecule has 26 heavy (non-hydrogen) atoms. The van der Waals surface area contributed by atoms with Gasteiger partial charge in [-0.2, -0.15) is 0 Å². The van der Waals surface area contributed by atoms with Crippen LogP contribution in [0.1, 0.15) is 40.9 Å². The zero-order valence-electron chi connectivity index (χ0n) is 15.8. The number of guanidine groups is 1. The quantitative estimate of drug-likeness (QED) is 0.530. The summed E-state index contributed by atoms with van der Waals surface area (Å²) in [7, 11) is 1.63. The molecular formula is C21H28N4O. The molecule has 0 atom stereocenters. The number of nitrogens with zero attached hydrogens (tertiary/aromatic N) is 1. The van der Waals surface area contributed by atoms with Crippen molar-refractivity contribution in [3.63, 3.8) is 0 Å². The smallest absolute Gasteiger partial charge is 0.251 e. The maximum absolute atomic E-state index is 11.8. The van der Waals surface area contributed by atoms with Gasteiger partial charge in [0.2, 0.25) is 0 Å². The van der Waals surface area contributed by atoms with Crippen LogP contribution < -0.4 is 16.0 Å². The van der Waals surface area contributed by atoms with Crippen LogP contribution in [0.25, 0.3) is 0 Å².